The predicted molar refractivity (Wildman–Crippen MR) is 240 cm³/mol. The van der Waals surface area contributed by atoms with Crippen molar-refractivity contribution in [3.05, 3.63) is 264 Å². The summed E-state index contributed by atoms with van der Waals surface area (Å²) in [7, 11) is -8.00. The van der Waals surface area contributed by atoms with E-state index in [0.717, 1.165) is 31.4 Å². The van der Waals surface area contributed by atoms with Gasteiger partial charge in [-0.3, -0.25) is 0 Å². The normalized spacial score (nSPS) is 11.3. The van der Waals surface area contributed by atoms with Crippen LogP contribution in [0.4, 0.5) is 0 Å². The van der Waals surface area contributed by atoms with Gasteiger partial charge >= 0.3 is 0 Å². The highest BCUT2D eigenvalue weighted by Crippen LogP contribution is 2.33. The number of quaternary nitrogens is 2. The van der Waals surface area contributed by atoms with Crippen molar-refractivity contribution in [3.8, 4) is 11.1 Å². The van der Waals surface area contributed by atoms with Crippen molar-refractivity contribution < 1.29 is 42.5 Å². The molecule has 0 aromatic heterocycles. The Morgan fingerprint density at radius 2 is 0.484 bits per heavy atom. The van der Waals surface area contributed by atoms with Gasteiger partial charge < -0.3 is 25.7 Å². The molecule has 8 aromatic rings. The van der Waals surface area contributed by atoms with E-state index < -0.39 is 20.2 Å². The molecule has 0 aliphatic rings. The lowest BCUT2D eigenvalue weighted by Gasteiger charge is -2.27. The van der Waals surface area contributed by atoms with Crippen LogP contribution < -0.4 is 11.5 Å². The average molecular weight is 865 g/mol. The molecule has 0 aliphatic heterocycles. The molecule has 8 aromatic carbocycles. The number of hydrogen-bond acceptors (Lipinski definition) is 7. The highest BCUT2D eigenvalue weighted by Gasteiger charge is 2.36. The van der Waals surface area contributed by atoms with Gasteiger partial charge in [-0.2, -0.15) is 0 Å². The van der Waals surface area contributed by atoms with E-state index in [1.807, 2.05) is 36.4 Å². The zero-order valence-electron chi connectivity index (χ0n) is 34.1. The van der Waals surface area contributed by atoms with Gasteiger partial charge in [0.1, 0.15) is 20.2 Å². The van der Waals surface area contributed by atoms with Gasteiger partial charge in [0.25, 0.3) is 0 Å². The summed E-state index contributed by atoms with van der Waals surface area (Å²) < 4.78 is 64.7. The molecule has 316 valence electrons. The molecule has 0 atom stereocenters. The minimum Gasteiger partial charge on any atom is -0.744 e. The second-order valence-corrected chi connectivity index (χ2v) is 16.7. The molecule has 0 unspecified atom stereocenters. The van der Waals surface area contributed by atoms with Crippen molar-refractivity contribution >= 4 is 20.2 Å². The molecule has 0 saturated heterocycles. The van der Waals surface area contributed by atoms with Crippen LogP contribution in [0.2, 0.25) is 0 Å². The first-order valence-electron chi connectivity index (χ1n) is 19.4. The van der Waals surface area contributed by atoms with E-state index in [2.05, 4.69) is 157 Å². The molecule has 7 N–H and O–H groups in total. The summed E-state index contributed by atoms with van der Waals surface area (Å²) in [6.07, 6.45) is 0. The van der Waals surface area contributed by atoms with Gasteiger partial charge in [-0.05, 0) is 35.4 Å². The second kappa shape index (κ2) is 21.3. The maximum absolute atomic E-state index is 10.8. The van der Waals surface area contributed by atoms with Crippen molar-refractivity contribution in [1.29, 1.82) is 0 Å². The molecule has 0 radical (unpaired) electrons. The Hall–Kier alpha value is -6.54. The number of aliphatic hydroxyl groups is 1. The Morgan fingerprint density at radius 1 is 0.323 bits per heavy atom. The van der Waals surface area contributed by atoms with Gasteiger partial charge in [-0.25, -0.2) is 16.8 Å². The molecular weight excluding hydrogens is 817 g/mol. The van der Waals surface area contributed by atoms with E-state index in [1.54, 1.807) is 0 Å². The third-order valence-corrected chi connectivity index (χ3v) is 11.9. The Morgan fingerprint density at radius 3 is 0.629 bits per heavy atom. The van der Waals surface area contributed by atoms with Gasteiger partial charge in [0.05, 0.1) is 9.79 Å². The number of aliphatic hydroxyl groups excluding tert-OH is 1. The summed E-state index contributed by atoms with van der Waals surface area (Å²) >= 11 is 0. The predicted octanol–water partition coefficient (Wildman–Crippen LogP) is 7.21. The molecule has 9 nitrogen and oxygen atoms in total. The SMILES string of the molecule is CO.O=S(=O)([O-])c1ccc(-c2ccc(S(=O)(=O)[O-])cc2)cc1.[NH3+]C(c1ccccc1)(c1ccccc1)c1ccccc1.[NH3+]C(c1ccccc1)(c1ccccc1)c1ccccc1. The molecule has 0 heterocycles. The largest absolute Gasteiger partial charge is 0.744 e. The fraction of sp³-hybridized carbons (Fsp3) is 0.0588. The summed E-state index contributed by atoms with van der Waals surface area (Å²) in [6.45, 7) is 0. The maximum atomic E-state index is 10.8. The fourth-order valence-electron chi connectivity index (χ4n) is 6.96. The lowest BCUT2D eigenvalue weighted by atomic mass is 9.78. The highest BCUT2D eigenvalue weighted by atomic mass is 32.2. The van der Waals surface area contributed by atoms with Gasteiger partial charge in [-0.1, -0.05) is 206 Å². The first-order chi connectivity index (χ1) is 29.8. The van der Waals surface area contributed by atoms with Gasteiger partial charge in [-0.15, -0.1) is 0 Å². The summed E-state index contributed by atoms with van der Waals surface area (Å²) in [6, 6.07) is 73.2. The van der Waals surface area contributed by atoms with E-state index in [0.29, 0.717) is 11.1 Å². The van der Waals surface area contributed by atoms with Gasteiger partial charge in [0.2, 0.25) is 0 Å². The molecule has 0 bridgehead atoms. The van der Waals surface area contributed by atoms with Crippen LogP contribution in [0.5, 0.6) is 0 Å². The van der Waals surface area contributed by atoms with Crippen molar-refractivity contribution in [2.24, 2.45) is 0 Å². The van der Waals surface area contributed by atoms with Crippen LogP contribution in [0, 0.1) is 0 Å². The molecule has 11 heteroatoms. The van der Waals surface area contributed by atoms with Gasteiger partial charge in [0, 0.05) is 40.5 Å². The van der Waals surface area contributed by atoms with Crippen molar-refractivity contribution in [2.75, 3.05) is 7.11 Å². The first kappa shape index (κ1) is 46.5. The molecule has 0 spiro atoms. The lowest BCUT2D eigenvalue weighted by molar-refractivity contribution is -0.455. The van der Waals surface area contributed by atoms with Crippen LogP contribution >= 0.6 is 0 Å². The zero-order chi connectivity index (χ0) is 44.6. The van der Waals surface area contributed by atoms with E-state index in [4.69, 9.17) is 5.11 Å². The molecule has 8 rings (SSSR count). The minimum absolute atomic E-state index is 0.347. The smallest absolute Gasteiger partial charge is 0.172 e. The third-order valence-electron chi connectivity index (χ3n) is 10.2. The number of benzene rings is 8. The number of hydrogen-bond donors (Lipinski definition) is 3. The Labute approximate surface area is 364 Å². The quantitative estimate of drug-likeness (QED) is 0.101. The molecular formula is C51H48N2O7S2. The van der Waals surface area contributed by atoms with E-state index in [9.17, 15) is 25.9 Å². The first-order valence-corrected chi connectivity index (χ1v) is 22.2. The monoisotopic (exact) mass is 864 g/mol. The van der Waals surface area contributed by atoms with Crippen LogP contribution in [-0.2, 0) is 31.3 Å². The van der Waals surface area contributed by atoms with Gasteiger partial charge in [0.15, 0.2) is 11.1 Å². The van der Waals surface area contributed by atoms with Crippen LogP contribution in [-0.4, -0.2) is 38.2 Å². The van der Waals surface area contributed by atoms with Crippen LogP contribution in [0.3, 0.4) is 0 Å². The Kier molecular flexibility index (Phi) is 16.0. The van der Waals surface area contributed by atoms with E-state index in [-0.39, 0.29) is 20.9 Å². The fourth-order valence-corrected chi connectivity index (χ4v) is 7.90. The highest BCUT2D eigenvalue weighted by molar-refractivity contribution is 7.86. The van der Waals surface area contributed by atoms with Crippen LogP contribution in [0.15, 0.2) is 240 Å². The summed E-state index contributed by atoms with van der Waals surface area (Å²) in [4.78, 5) is -0.694. The summed E-state index contributed by atoms with van der Waals surface area (Å²) in [5, 5.41) is 7.00. The molecule has 0 fully saturated rings. The zero-order valence-corrected chi connectivity index (χ0v) is 35.7. The number of rotatable bonds is 9. The Bertz CT molecular complexity index is 2390. The second-order valence-electron chi connectivity index (χ2n) is 14.0. The average Bonchev–Trinajstić information content (AvgIpc) is 3.33. The summed E-state index contributed by atoms with van der Waals surface area (Å²) in [5.74, 6) is 0. The third kappa shape index (κ3) is 11.4. The lowest BCUT2D eigenvalue weighted by Crippen LogP contribution is -2.71. The van der Waals surface area contributed by atoms with Crippen molar-refractivity contribution in [3.63, 3.8) is 0 Å². The summed E-state index contributed by atoms with van der Waals surface area (Å²) in [5.41, 5.74) is 16.8. The van der Waals surface area contributed by atoms with Crippen molar-refractivity contribution in [1.82, 2.24) is 0 Å². The topological polar surface area (TPSA) is 190 Å². The molecule has 0 amide bonds. The van der Waals surface area contributed by atoms with Crippen LogP contribution in [0.1, 0.15) is 33.4 Å². The maximum Gasteiger partial charge on any atom is 0.172 e. The van der Waals surface area contributed by atoms with E-state index >= 15 is 0 Å². The van der Waals surface area contributed by atoms with E-state index in [1.165, 1.54) is 57.6 Å². The van der Waals surface area contributed by atoms with Crippen LogP contribution in [0.25, 0.3) is 11.1 Å². The standard InChI is InChI=1S/2C19H17N.C12H10O6S2.CH4O/c2*20-19(16-10-4-1-5-11-16,17-12-6-2-7-13-17)18-14-8-3-9-15-18;13-19(14,15)11-5-1-9(2-6-11)10-3-7-12(8-4-10)20(16,17)18;1-2/h2*1-15H,20H2;1-8H,(H,13,14,15)(H,16,17,18);2H,1H3. The molecule has 0 aliphatic carbocycles. The minimum atomic E-state index is -4.50. The molecule has 0 saturated carbocycles. The van der Waals surface area contributed by atoms with Crippen molar-refractivity contribution in [2.45, 2.75) is 20.9 Å². The molecule has 62 heavy (non-hydrogen) atoms. The Balaban J connectivity index is 0.000000172.